The number of rotatable bonds is 7. The molecule has 28 heavy (non-hydrogen) atoms. The maximum absolute atomic E-state index is 11.3. The summed E-state index contributed by atoms with van der Waals surface area (Å²) in [5.41, 5.74) is 0.789. The molecule has 0 heterocycles. The lowest BCUT2D eigenvalue weighted by Crippen LogP contribution is -1.98. The van der Waals surface area contributed by atoms with E-state index in [2.05, 4.69) is 4.52 Å². The molecule has 0 aromatic heterocycles. The molecule has 0 spiro atoms. The molecule has 148 valence electrons. The van der Waals surface area contributed by atoms with Crippen LogP contribution in [0.2, 0.25) is 0 Å². The van der Waals surface area contributed by atoms with Crippen LogP contribution in [-0.2, 0) is 4.57 Å². The lowest BCUT2D eigenvalue weighted by Gasteiger charge is -2.17. The third-order valence-electron chi connectivity index (χ3n) is 3.69. The van der Waals surface area contributed by atoms with Crippen molar-refractivity contribution in [2.24, 2.45) is 0 Å². The van der Waals surface area contributed by atoms with Crippen molar-refractivity contribution in [1.82, 2.24) is 0 Å². The Hall–Kier alpha value is -3.18. The van der Waals surface area contributed by atoms with Crippen LogP contribution in [0.4, 0.5) is 0 Å². The van der Waals surface area contributed by atoms with Crippen LogP contribution in [0.25, 0.3) is 5.57 Å². The quantitative estimate of drug-likeness (QED) is 0.467. The van der Waals surface area contributed by atoms with E-state index >= 15 is 0 Å². The number of aromatic hydroxyl groups is 1. The Labute approximate surface area is 161 Å². The van der Waals surface area contributed by atoms with Crippen molar-refractivity contribution >= 4 is 13.4 Å². The summed E-state index contributed by atoms with van der Waals surface area (Å²) in [4.78, 5) is 18.2. The van der Waals surface area contributed by atoms with Gasteiger partial charge >= 0.3 is 7.82 Å². The highest BCUT2D eigenvalue weighted by Crippen LogP contribution is 2.50. The number of phenols is 1. The maximum Gasteiger partial charge on any atom is 0.525 e. The van der Waals surface area contributed by atoms with Gasteiger partial charge < -0.3 is 23.8 Å². The molecule has 0 saturated heterocycles. The Morgan fingerprint density at radius 3 is 2.14 bits per heavy atom. The number of methoxy groups -OCH3 is 3. The largest absolute Gasteiger partial charge is 0.525 e. The van der Waals surface area contributed by atoms with Gasteiger partial charge in [-0.3, -0.25) is 9.79 Å². The van der Waals surface area contributed by atoms with E-state index in [0.717, 1.165) is 6.08 Å². The topological polar surface area (TPSA) is 138 Å². The van der Waals surface area contributed by atoms with Crippen molar-refractivity contribution in [2.45, 2.75) is 0 Å². The molecular formula is C18H18NO8P. The van der Waals surface area contributed by atoms with E-state index in [-0.39, 0.29) is 16.9 Å². The minimum absolute atomic E-state index is 0.0844. The van der Waals surface area contributed by atoms with Crippen molar-refractivity contribution < 1.29 is 38.2 Å². The second-order valence-electron chi connectivity index (χ2n) is 5.36. The van der Waals surface area contributed by atoms with E-state index in [1.165, 1.54) is 33.5 Å². The van der Waals surface area contributed by atoms with Crippen molar-refractivity contribution in [2.75, 3.05) is 21.3 Å². The van der Waals surface area contributed by atoms with E-state index in [9.17, 15) is 14.9 Å². The minimum Gasteiger partial charge on any atom is -0.504 e. The molecule has 0 amide bonds. The standard InChI is InChI=1S/C18H18NO8P/c1-24-12-8-11(9-13(10-12)25-2)14(6-7-19)15-4-5-16(26-3)18(17(15)20)27-28(21,22)23/h4-6,8-10,20H,1-3H3,(H2,21,22,23). The number of phosphoric ester groups is 1. The Morgan fingerprint density at radius 1 is 1.07 bits per heavy atom. The molecule has 0 saturated carbocycles. The zero-order valence-electron chi connectivity index (χ0n) is 15.2. The molecule has 2 aromatic rings. The van der Waals surface area contributed by atoms with Crippen molar-refractivity contribution in [3.8, 4) is 34.8 Å². The zero-order valence-corrected chi connectivity index (χ0v) is 16.1. The molecule has 0 bridgehead atoms. The first-order valence-corrected chi connectivity index (χ1v) is 9.25. The molecule has 0 radical (unpaired) electrons. The number of benzene rings is 2. The summed E-state index contributed by atoms with van der Waals surface area (Å²) >= 11 is 0. The van der Waals surface area contributed by atoms with Gasteiger partial charge in [0.15, 0.2) is 11.5 Å². The first-order chi connectivity index (χ1) is 13.2. The predicted molar refractivity (Wildman–Crippen MR) is 99.6 cm³/mol. The normalized spacial score (nSPS) is 11.5. The highest BCUT2D eigenvalue weighted by atomic mass is 31.2. The van der Waals surface area contributed by atoms with Gasteiger partial charge in [0.1, 0.15) is 11.5 Å². The molecule has 0 aliphatic rings. The molecule has 9 nitrogen and oxygen atoms in total. The van der Waals surface area contributed by atoms with E-state index in [1.54, 1.807) is 18.2 Å². The van der Waals surface area contributed by atoms with E-state index in [1.807, 2.05) is 6.07 Å². The smallest absolute Gasteiger partial charge is 0.504 e. The lowest BCUT2D eigenvalue weighted by atomic mass is 9.96. The summed E-state index contributed by atoms with van der Waals surface area (Å²) in [5.74, 6) is -0.363. The number of hydrogen-bond acceptors (Lipinski definition) is 7. The number of allylic oxidation sites excluding steroid dienone is 1. The highest BCUT2D eigenvalue weighted by Gasteiger charge is 2.25. The fraction of sp³-hybridized carbons (Fsp3) is 0.167. The van der Waals surface area contributed by atoms with Gasteiger partial charge in [0.05, 0.1) is 27.4 Å². The average molecular weight is 407 g/mol. The van der Waals surface area contributed by atoms with Crippen LogP contribution in [0, 0.1) is 11.3 Å². The number of nitriles is 1. The summed E-state index contributed by atoms with van der Waals surface area (Å²) in [6.07, 6.45) is 1.16. The number of ether oxygens (including phenoxy) is 3. The summed E-state index contributed by atoms with van der Waals surface area (Å²) in [6.45, 7) is 0. The number of nitrogens with zero attached hydrogens (tertiary/aromatic N) is 1. The number of phenolic OH excluding ortho intramolecular Hbond substituents is 1. The fourth-order valence-corrected chi connectivity index (χ4v) is 2.90. The molecule has 0 unspecified atom stereocenters. The second-order valence-corrected chi connectivity index (χ2v) is 6.53. The lowest BCUT2D eigenvalue weighted by molar-refractivity contribution is 0.270. The first-order valence-electron chi connectivity index (χ1n) is 7.72. The third kappa shape index (κ3) is 4.75. The molecule has 0 aliphatic heterocycles. The van der Waals surface area contributed by atoms with Gasteiger partial charge in [-0.05, 0) is 29.8 Å². The van der Waals surface area contributed by atoms with Crippen LogP contribution in [0.3, 0.4) is 0 Å². The van der Waals surface area contributed by atoms with Gasteiger partial charge in [0, 0.05) is 23.3 Å². The van der Waals surface area contributed by atoms with Crippen molar-refractivity contribution in [3.63, 3.8) is 0 Å². The Kier molecular flexibility index (Phi) is 6.54. The highest BCUT2D eigenvalue weighted by molar-refractivity contribution is 7.46. The first kappa shape index (κ1) is 21.1. The zero-order chi connectivity index (χ0) is 20.9. The monoisotopic (exact) mass is 407 g/mol. The number of hydrogen-bond donors (Lipinski definition) is 3. The molecule has 2 aromatic carbocycles. The Morgan fingerprint density at radius 2 is 1.68 bits per heavy atom. The van der Waals surface area contributed by atoms with Crippen LogP contribution in [0.5, 0.6) is 28.7 Å². The van der Waals surface area contributed by atoms with Crippen molar-refractivity contribution in [1.29, 1.82) is 5.26 Å². The molecule has 0 fully saturated rings. The third-order valence-corrected chi connectivity index (χ3v) is 4.11. The van der Waals surface area contributed by atoms with Gasteiger partial charge in [-0.1, -0.05) is 0 Å². The maximum atomic E-state index is 11.3. The van der Waals surface area contributed by atoms with Gasteiger partial charge in [0.2, 0.25) is 5.75 Å². The Balaban J connectivity index is 2.72. The average Bonchev–Trinajstić information content (AvgIpc) is 2.66. The van der Waals surface area contributed by atoms with E-state index in [4.69, 9.17) is 24.0 Å². The van der Waals surface area contributed by atoms with Gasteiger partial charge in [-0.2, -0.15) is 5.26 Å². The molecular weight excluding hydrogens is 389 g/mol. The van der Waals surface area contributed by atoms with E-state index in [0.29, 0.717) is 17.1 Å². The minimum atomic E-state index is -4.98. The second kappa shape index (κ2) is 8.67. The van der Waals surface area contributed by atoms with Gasteiger partial charge in [-0.25, -0.2) is 4.57 Å². The Bertz CT molecular complexity index is 968. The molecule has 3 N–H and O–H groups in total. The van der Waals surface area contributed by atoms with Crippen LogP contribution in [-0.4, -0.2) is 36.2 Å². The fourth-order valence-electron chi connectivity index (χ4n) is 2.48. The molecule has 0 atom stereocenters. The van der Waals surface area contributed by atoms with Crippen molar-refractivity contribution in [3.05, 3.63) is 47.5 Å². The number of phosphoric acid groups is 1. The van der Waals surface area contributed by atoms with Crippen LogP contribution >= 0.6 is 7.82 Å². The van der Waals surface area contributed by atoms with Gasteiger partial charge in [-0.15, -0.1) is 0 Å². The molecule has 2 rings (SSSR count). The van der Waals surface area contributed by atoms with Gasteiger partial charge in [0.25, 0.3) is 0 Å². The summed E-state index contributed by atoms with van der Waals surface area (Å²) in [6, 6.07) is 9.51. The van der Waals surface area contributed by atoms with Crippen LogP contribution in [0.15, 0.2) is 36.4 Å². The van der Waals surface area contributed by atoms with Crippen LogP contribution in [0.1, 0.15) is 11.1 Å². The van der Waals surface area contributed by atoms with Crippen LogP contribution < -0.4 is 18.7 Å². The molecule has 10 heteroatoms. The SMILES string of the molecule is COc1cc(OC)cc(C(=CC#N)c2ccc(OC)c(OP(=O)(O)O)c2O)c1. The summed E-state index contributed by atoms with van der Waals surface area (Å²) in [5, 5.41) is 19.8. The predicted octanol–water partition coefficient (Wildman–Crippen LogP) is 2.84. The summed E-state index contributed by atoms with van der Waals surface area (Å²) < 4.78 is 31.3. The van der Waals surface area contributed by atoms with E-state index < -0.39 is 19.3 Å². The summed E-state index contributed by atoms with van der Waals surface area (Å²) in [7, 11) is -0.809. The molecule has 0 aliphatic carbocycles.